The van der Waals surface area contributed by atoms with Gasteiger partial charge in [0.25, 0.3) is 6.43 Å². The Morgan fingerprint density at radius 2 is 1.80 bits per heavy atom. The minimum absolute atomic E-state index is 0.0205. The van der Waals surface area contributed by atoms with E-state index in [4.69, 9.17) is 9.47 Å². The molecule has 1 aromatic rings. The number of alkyl halides is 2. The van der Waals surface area contributed by atoms with Gasteiger partial charge in [-0.05, 0) is 12.1 Å². The largest absolute Gasteiger partial charge is 0.496 e. The summed E-state index contributed by atoms with van der Waals surface area (Å²) in [6, 6.07) is 2.33. The monoisotopic (exact) mass is 216 g/mol. The second-order valence-corrected chi connectivity index (χ2v) is 2.75. The van der Waals surface area contributed by atoms with E-state index >= 15 is 0 Å². The van der Waals surface area contributed by atoms with Crippen molar-refractivity contribution in [2.24, 2.45) is 0 Å². The van der Waals surface area contributed by atoms with Gasteiger partial charge in [-0.1, -0.05) is 0 Å². The zero-order valence-electron chi connectivity index (χ0n) is 8.29. The van der Waals surface area contributed by atoms with Gasteiger partial charge in [0, 0.05) is 0 Å². The number of ether oxygens (including phenoxy) is 2. The Kier molecular flexibility index (Phi) is 3.60. The predicted octanol–water partition coefficient (Wildman–Crippen LogP) is 2.45. The highest BCUT2D eigenvalue weighted by molar-refractivity contribution is 5.80. The quantitative estimate of drug-likeness (QED) is 0.725. The lowest BCUT2D eigenvalue weighted by Crippen LogP contribution is -1.98. The molecular weight excluding hydrogens is 206 g/mol. The van der Waals surface area contributed by atoms with Crippen molar-refractivity contribution in [1.29, 1.82) is 0 Å². The molecule has 82 valence electrons. The van der Waals surface area contributed by atoms with E-state index in [1.54, 1.807) is 0 Å². The highest BCUT2D eigenvalue weighted by Crippen LogP contribution is 2.34. The third-order valence-electron chi connectivity index (χ3n) is 1.94. The van der Waals surface area contributed by atoms with Crippen LogP contribution in [-0.2, 0) is 0 Å². The zero-order chi connectivity index (χ0) is 11.4. The van der Waals surface area contributed by atoms with Gasteiger partial charge in [-0.25, -0.2) is 8.78 Å². The molecule has 0 heterocycles. The van der Waals surface area contributed by atoms with Gasteiger partial charge in [-0.15, -0.1) is 0 Å². The molecule has 1 rings (SSSR count). The van der Waals surface area contributed by atoms with Crippen LogP contribution in [0.3, 0.4) is 0 Å². The maximum atomic E-state index is 12.5. The van der Waals surface area contributed by atoms with Crippen LogP contribution in [0.15, 0.2) is 12.1 Å². The van der Waals surface area contributed by atoms with Gasteiger partial charge in [0.15, 0.2) is 6.29 Å². The van der Waals surface area contributed by atoms with Crippen LogP contribution in [0.4, 0.5) is 8.78 Å². The molecule has 0 radical (unpaired) electrons. The van der Waals surface area contributed by atoms with Crippen molar-refractivity contribution in [2.75, 3.05) is 14.2 Å². The standard InChI is InChI=1S/C10H10F2O3/c1-14-8-4-7(10(11)12)9(15-2)3-6(8)5-13/h3-5,10H,1-2H3. The number of hydrogen-bond donors (Lipinski definition) is 0. The SMILES string of the molecule is COc1cc(C(F)F)c(OC)cc1C=O. The summed E-state index contributed by atoms with van der Waals surface area (Å²) in [5.74, 6) is 0.0917. The molecule has 0 spiro atoms. The first-order valence-corrected chi connectivity index (χ1v) is 4.13. The molecule has 0 fully saturated rings. The average Bonchev–Trinajstić information content (AvgIpc) is 2.26. The Labute approximate surface area is 85.6 Å². The molecule has 0 saturated heterocycles. The van der Waals surface area contributed by atoms with Crippen LogP contribution in [0.1, 0.15) is 22.3 Å². The van der Waals surface area contributed by atoms with Crippen LogP contribution in [0, 0.1) is 0 Å². The fourth-order valence-corrected chi connectivity index (χ4v) is 1.21. The Hall–Kier alpha value is -1.65. The number of aldehydes is 1. The van der Waals surface area contributed by atoms with E-state index < -0.39 is 6.43 Å². The van der Waals surface area contributed by atoms with E-state index in [0.717, 1.165) is 6.07 Å². The maximum absolute atomic E-state index is 12.5. The lowest BCUT2D eigenvalue weighted by molar-refractivity contribution is 0.111. The van der Waals surface area contributed by atoms with Gasteiger partial charge in [0.05, 0.1) is 25.3 Å². The molecular formula is C10H10F2O3. The van der Waals surface area contributed by atoms with Gasteiger partial charge in [-0.3, -0.25) is 4.79 Å². The van der Waals surface area contributed by atoms with Crippen molar-refractivity contribution >= 4 is 6.29 Å². The first-order valence-electron chi connectivity index (χ1n) is 4.13. The number of methoxy groups -OCH3 is 2. The van der Waals surface area contributed by atoms with Gasteiger partial charge in [0.1, 0.15) is 11.5 Å². The van der Waals surface area contributed by atoms with Crippen molar-refractivity contribution in [3.8, 4) is 11.5 Å². The molecule has 0 saturated carbocycles. The number of hydrogen-bond acceptors (Lipinski definition) is 3. The van der Waals surface area contributed by atoms with E-state index in [9.17, 15) is 13.6 Å². The van der Waals surface area contributed by atoms with Crippen molar-refractivity contribution in [3.63, 3.8) is 0 Å². The molecule has 0 bridgehead atoms. The highest BCUT2D eigenvalue weighted by atomic mass is 19.3. The van der Waals surface area contributed by atoms with E-state index in [2.05, 4.69) is 0 Å². The lowest BCUT2D eigenvalue weighted by atomic mass is 10.1. The van der Waals surface area contributed by atoms with Crippen molar-refractivity contribution < 1.29 is 23.0 Å². The van der Waals surface area contributed by atoms with Crippen LogP contribution in [0.2, 0.25) is 0 Å². The van der Waals surface area contributed by atoms with Gasteiger partial charge in [0.2, 0.25) is 0 Å². The lowest BCUT2D eigenvalue weighted by Gasteiger charge is -2.11. The number of rotatable bonds is 4. The summed E-state index contributed by atoms with van der Waals surface area (Å²) in [6.45, 7) is 0. The molecule has 0 aliphatic carbocycles. The molecule has 15 heavy (non-hydrogen) atoms. The highest BCUT2D eigenvalue weighted by Gasteiger charge is 2.17. The number of halogens is 2. The minimum Gasteiger partial charge on any atom is -0.496 e. The summed E-state index contributed by atoms with van der Waals surface area (Å²) in [4.78, 5) is 10.6. The summed E-state index contributed by atoms with van der Waals surface area (Å²) >= 11 is 0. The van der Waals surface area contributed by atoms with Crippen LogP contribution in [0.5, 0.6) is 11.5 Å². The molecule has 0 aliphatic rings. The Morgan fingerprint density at radius 1 is 1.20 bits per heavy atom. The van der Waals surface area contributed by atoms with Crippen molar-refractivity contribution in [3.05, 3.63) is 23.3 Å². The first kappa shape index (κ1) is 11.4. The number of carbonyl (C=O) groups excluding carboxylic acids is 1. The molecule has 1 aromatic carbocycles. The molecule has 0 aliphatic heterocycles. The molecule has 0 aromatic heterocycles. The zero-order valence-corrected chi connectivity index (χ0v) is 8.29. The summed E-state index contributed by atoms with van der Waals surface area (Å²) in [5.41, 5.74) is -0.112. The van der Waals surface area contributed by atoms with Crippen LogP contribution in [0.25, 0.3) is 0 Å². The molecule has 0 unspecified atom stereocenters. The van der Waals surface area contributed by atoms with Gasteiger partial charge in [-0.2, -0.15) is 0 Å². The molecule has 5 heteroatoms. The van der Waals surface area contributed by atoms with Crippen LogP contribution >= 0.6 is 0 Å². The third-order valence-corrected chi connectivity index (χ3v) is 1.94. The molecule has 0 atom stereocenters. The van der Waals surface area contributed by atoms with Crippen LogP contribution in [-0.4, -0.2) is 20.5 Å². The summed E-state index contributed by atoms with van der Waals surface area (Å²) in [5, 5.41) is 0. The number of benzene rings is 1. The smallest absolute Gasteiger partial charge is 0.267 e. The minimum atomic E-state index is -2.67. The Balaban J connectivity index is 3.33. The van der Waals surface area contributed by atoms with Crippen molar-refractivity contribution in [1.82, 2.24) is 0 Å². The first-order chi connectivity index (χ1) is 7.13. The van der Waals surface area contributed by atoms with E-state index in [0.29, 0.717) is 6.29 Å². The Morgan fingerprint density at radius 3 is 2.20 bits per heavy atom. The topological polar surface area (TPSA) is 35.5 Å². The van der Waals surface area contributed by atoms with E-state index in [1.165, 1.54) is 20.3 Å². The second-order valence-electron chi connectivity index (χ2n) is 2.75. The van der Waals surface area contributed by atoms with E-state index in [-0.39, 0.29) is 22.6 Å². The van der Waals surface area contributed by atoms with Crippen LogP contribution < -0.4 is 9.47 Å². The van der Waals surface area contributed by atoms with Gasteiger partial charge >= 0.3 is 0 Å². The normalized spacial score (nSPS) is 10.2. The molecule has 3 nitrogen and oxygen atoms in total. The fraction of sp³-hybridized carbons (Fsp3) is 0.300. The second kappa shape index (κ2) is 4.72. The predicted molar refractivity (Wildman–Crippen MR) is 49.9 cm³/mol. The fourth-order valence-electron chi connectivity index (χ4n) is 1.21. The average molecular weight is 216 g/mol. The third kappa shape index (κ3) is 2.23. The molecule has 0 amide bonds. The number of carbonyl (C=O) groups is 1. The summed E-state index contributed by atoms with van der Waals surface area (Å²) in [7, 11) is 2.58. The maximum Gasteiger partial charge on any atom is 0.267 e. The molecule has 0 N–H and O–H groups in total. The van der Waals surface area contributed by atoms with E-state index in [1.807, 2.05) is 0 Å². The van der Waals surface area contributed by atoms with Crippen molar-refractivity contribution in [2.45, 2.75) is 6.43 Å². The summed E-state index contributed by atoms with van der Waals surface area (Å²) in [6.07, 6.45) is -2.15. The van der Waals surface area contributed by atoms with Gasteiger partial charge < -0.3 is 9.47 Å². The summed E-state index contributed by atoms with van der Waals surface area (Å²) < 4.78 is 34.6. The Bertz CT molecular complexity index is 364.